The zero-order valence-electron chi connectivity index (χ0n) is 11.2. The maximum atomic E-state index is 12.1. The number of nitrogens with zero attached hydrogens (tertiary/aromatic N) is 1. The van der Waals surface area contributed by atoms with Gasteiger partial charge in [0.05, 0.1) is 17.4 Å². The first-order valence-corrected chi connectivity index (χ1v) is 8.10. The van der Waals surface area contributed by atoms with Crippen molar-refractivity contribution in [2.75, 3.05) is 5.75 Å². The normalized spacial score (nSPS) is 10.8. The third-order valence-corrected chi connectivity index (χ3v) is 4.36. The van der Waals surface area contributed by atoms with Gasteiger partial charge in [0.2, 0.25) is 0 Å². The van der Waals surface area contributed by atoms with E-state index in [2.05, 4.69) is 0 Å². The van der Waals surface area contributed by atoms with Crippen molar-refractivity contribution in [3.63, 3.8) is 0 Å². The van der Waals surface area contributed by atoms with Crippen LogP contribution in [0.15, 0.2) is 54.6 Å². The van der Waals surface area contributed by atoms with Gasteiger partial charge in [-0.15, -0.1) is 0 Å². The first-order valence-electron chi connectivity index (χ1n) is 6.28. The van der Waals surface area contributed by atoms with E-state index in [9.17, 15) is 13.2 Å². The molecule has 21 heavy (non-hydrogen) atoms. The number of hydrogen-bond donors (Lipinski definition) is 0. The zero-order valence-corrected chi connectivity index (χ0v) is 12.0. The lowest BCUT2D eigenvalue weighted by Crippen LogP contribution is -2.18. The molecule has 0 aliphatic carbocycles. The minimum atomic E-state index is -3.57. The summed E-state index contributed by atoms with van der Waals surface area (Å²) < 4.78 is 24.2. The van der Waals surface area contributed by atoms with Gasteiger partial charge in [0.15, 0.2) is 15.6 Å². The minimum absolute atomic E-state index is 0.249. The number of carbonyl (C=O) groups is 1. The molecule has 4 nitrogen and oxygen atoms in total. The van der Waals surface area contributed by atoms with Gasteiger partial charge >= 0.3 is 0 Å². The Morgan fingerprint density at radius 3 is 2.43 bits per heavy atom. The molecule has 2 rings (SSSR count). The lowest BCUT2D eigenvalue weighted by atomic mass is 10.1. The molecule has 0 unspecified atom stereocenters. The Kier molecular flexibility index (Phi) is 4.51. The van der Waals surface area contributed by atoms with Crippen LogP contribution < -0.4 is 0 Å². The maximum absolute atomic E-state index is 12.1. The molecule has 5 heteroatoms. The Morgan fingerprint density at radius 2 is 1.76 bits per heavy atom. The van der Waals surface area contributed by atoms with Gasteiger partial charge in [-0.2, -0.15) is 5.26 Å². The molecule has 0 saturated heterocycles. The molecule has 106 valence electrons. The molecule has 0 fully saturated rings. The van der Waals surface area contributed by atoms with E-state index in [1.807, 2.05) is 6.07 Å². The Bertz CT molecular complexity index is 790. The molecule has 0 heterocycles. The van der Waals surface area contributed by atoms with Crippen LogP contribution in [-0.4, -0.2) is 20.0 Å². The van der Waals surface area contributed by atoms with E-state index in [0.29, 0.717) is 16.7 Å². The largest absolute Gasteiger partial charge is 0.293 e. The summed E-state index contributed by atoms with van der Waals surface area (Å²) in [4.78, 5) is 11.9. The maximum Gasteiger partial charge on any atom is 0.177 e. The molecule has 0 atom stereocenters. The molecule has 0 saturated carbocycles. The first kappa shape index (κ1) is 14.9. The third-order valence-electron chi connectivity index (χ3n) is 2.89. The minimum Gasteiger partial charge on any atom is -0.293 e. The standard InChI is InChI=1S/C16H13NO3S/c17-10-13-5-4-6-14(9-13)11-21(19,20)12-16(18)15-7-2-1-3-8-15/h1-9H,11-12H2. The van der Waals surface area contributed by atoms with Gasteiger partial charge in [0.25, 0.3) is 0 Å². The molecule has 0 N–H and O–H groups in total. The monoisotopic (exact) mass is 299 g/mol. The molecule has 2 aromatic rings. The summed E-state index contributed by atoms with van der Waals surface area (Å²) in [5.41, 5.74) is 1.29. The molecular formula is C16H13NO3S. The summed E-state index contributed by atoms with van der Waals surface area (Å²) >= 11 is 0. The number of ketones is 1. The van der Waals surface area contributed by atoms with Crippen molar-refractivity contribution in [3.05, 3.63) is 71.3 Å². The van der Waals surface area contributed by atoms with Crippen molar-refractivity contribution in [3.8, 4) is 6.07 Å². The summed E-state index contributed by atoms with van der Waals surface area (Å²) in [7, 11) is -3.57. The van der Waals surface area contributed by atoms with Crippen LogP contribution in [0.3, 0.4) is 0 Å². The molecule has 0 aliphatic heterocycles. The van der Waals surface area contributed by atoms with E-state index >= 15 is 0 Å². The lowest BCUT2D eigenvalue weighted by molar-refractivity contribution is 0.102. The fourth-order valence-electron chi connectivity index (χ4n) is 1.94. The van der Waals surface area contributed by atoms with Crippen molar-refractivity contribution >= 4 is 15.6 Å². The van der Waals surface area contributed by atoms with Crippen LogP contribution in [0.1, 0.15) is 21.5 Å². The van der Waals surface area contributed by atoms with E-state index in [1.165, 1.54) is 6.07 Å². The smallest absolute Gasteiger partial charge is 0.177 e. The molecule has 2 aromatic carbocycles. The van der Waals surface area contributed by atoms with Gasteiger partial charge in [-0.05, 0) is 17.7 Å². The number of nitriles is 1. The highest BCUT2D eigenvalue weighted by Gasteiger charge is 2.18. The van der Waals surface area contributed by atoms with Gasteiger partial charge < -0.3 is 0 Å². The average molecular weight is 299 g/mol. The summed E-state index contributed by atoms with van der Waals surface area (Å²) in [6.45, 7) is 0. The van der Waals surface area contributed by atoms with Crippen LogP contribution in [0.5, 0.6) is 0 Å². The quantitative estimate of drug-likeness (QED) is 0.794. The van der Waals surface area contributed by atoms with E-state index in [4.69, 9.17) is 5.26 Å². The van der Waals surface area contributed by atoms with Crippen LogP contribution in [0, 0.1) is 11.3 Å². The van der Waals surface area contributed by atoms with E-state index in [0.717, 1.165) is 0 Å². The van der Waals surface area contributed by atoms with Gasteiger partial charge in [0, 0.05) is 5.56 Å². The van der Waals surface area contributed by atoms with Gasteiger partial charge in [-0.1, -0.05) is 42.5 Å². The molecule has 0 bridgehead atoms. The zero-order chi connectivity index (χ0) is 15.3. The van der Waals surface area contributed by atoms with Gasteiger partial charge in [-0.25, -0.2) is 8.42 Å². The van der Waals surface area contributed by atoms with E-state index in [1.54, 1.807) is 48.5 Å². The number of rotatable bonds is 5. The molecule has 0 aliphatic rings. The molecule has 0 spiro atoms. The van der Waals surface area contributed by atoms with Gasteiger partial charge in [-0.3, -0.25) is 4.79 Å². The topological polar surface area (TPSA) is 75.0 Å². The van der Waals surface area contributed by atoms with Crippen molar-refractivity contribution < 1.29 is 13.2 Å². The number of sulfone groups is 1. The van der Waals surface area contributed by atoms with Crippen molar-refractivity contribution in [1.82, 2.24) is 0 Å². The SMILES string of the molecule is N#Cc1cccc(CS(=O)(=O)CC(=O)c2ccccc2)c1. The highest BCUT2D eigenvalue weighted by molar-refractivity contribution is 7.91. The van der Waals surface area contributed by atoms with Crippen LogP contribution >= 0.6 is 0 Å². The van der Waals surface area contributed by atoms with Gasteiger partial charge in [0.1, 0.15) is 5.75 Å². The summed E-state index contributed by atoms with van der Waals surface area (Å²) in [5, 5.41) is 8.80. The molecular weight excluding hydrogens is 286 g/mol. The van der Waals surface area contributed by atoms with Crippen molar-refractivity contribution in [2.45, 2.75) is 5.75 Å². The van der Waals surface area contributed by atoms with Crippen LogP contribution in [-0.2, 0) is 15.6 Å². The van der Waals surface area contributed by atoms with Crippen LogP contribution in [0.4, 0.5) is 0 Å². The summed E-state index contributed by atoms with van der Waals surface area (Å²) in [6.07, 6.45) is 0. The van der Waals surface area contributed by atoms with E-state index < -0.39 is 21.4 Å². The van der Waals surface area contributed by atoms with Crippen molar-refractivity contribution in [1.29, 1.82) is 5.26 Å². The van der Waals surface area contributed by atoms with Crippen LogP contribution in [0.25, 0.3) is 0 Å². The summed E-state index contributed by atoms with van der Waals surface area (Å²) in [6, 6.07) is 16.7. The highest BCUT2D eigenvalue weighted by atomic mass is 32.2. The molecule has 0 radical (unpaired) electrons. The number of Topliss-reactive ketones (excluding diaryl/α,β-unsaturated/α-hetero) is 1. The lowest BCUT2D eigenvalue weighted by Gasteiger charge is -2.05. The second-order valence-corrected chi connectivity index (χ2v) is 6.70. The Labute approximate surface area is 123 Å². The van der Waals surface area contributed by atoms with Crippen LogP contribution in [0.2, 0.25) is 0 Å². The Hall–Kier alpha value is -2.45. The van der Waals surface area contributed by atoms with Crippen molar-refractivity contribution in [2.24, 2.45) is 0 Å². The second-order valence-electron chi connectivity index (χ2n) is 4.63. The molecule has 0 amide bonds. The number of hydrogen-bond acceptors (Lipinski definition) is 4. The second kappa shape index (κ2) is 6.33. The van der Waals surface area contributed by atoms with E-state index in [-0.39, 0.29) is 5.75 Å². The fourth-order valence-corrected chi connectivity index (χ4v) is 3.30. The first-order chi connectivity index (χ1) is 10.00. The summed E-state index contributed by atoms with van der Waals surface area (Å²) in [5.74, 6) is -1.21. The Balaban J connectivity index is 2.12. The third kappa shape index (κ3) is 4.26. The predicted molar refractivity (Wildman–Crippen MR) is 79.4 cm³/mol. The fraction of sp³-hybridized carbons (Fsp3) is 0.125. The average Bonchev–Trinajstić information content (AvgIpc) is 2.47. The molecule has 0 aromatic heterocycles. The highest BCUT2D eigenvalue weighted by Crippen LogP contribution is 2.11. The number of carbonyl (C=O) groups excluding carboxylic acids is 1. The number of benzene rings is 2. The Morgan fingerprint density at radius 1 is 1.05 bits per heavy atom. The predicted octanol–water partition coefficient (Wildman–Crippen LogP) is 2.36.